The molecule has 0 radical (unpaired) electrons. The summed E-state index contributed by atoms with van der Waals surface area (Å²) in [6, 6.07) is 8.62. The second kappa shape index (κ2) is 27.0. The fraction of sp³-hybridized carbons (Fsp3) is 0.630. The van der Waals surface area contributed by atoms with Crippen LogP contribution in [0, 0.1) is 5.92 Å². The van der Waals surface area contributed by atoms with Gasteiger partial charge in [0, 0.05) is 34.0 Å². The molecule has 1 aromatic carbocycles. The highest BCUT2D eigenvalue weighted by atomic mass is 16.5. The van der Waals surface area contributed by atoms with E-state index in [9.17, 15) is 19.2 Å². The minimum Gasteiger partial charge on any atom is -0.464 e. The summed E-state index contributed by atoms with van der Waals surface area (Å²) in [6.45, 7) is 10.8. The highest BCUT2D eigenvalue weighted by Gasteiger charge is 2.22. The Morgan fingerprint density at radius 3 is 2.00 bits per heavy atom. The minimum atomic E-state index is -0.662. The number of ether oxygens (including phenoxy) is 2. The van der Waals surface area contributed by atoms with E-state index in [1.807, 2.05) is 58.0 Å². The minimum absolute atomic E-state index is 0.104. The fourth-order valence-electron chi connectivity index (χ4n) is 2.80. The second-order valence-electron chi connectivity index (χ2n) is 7.49. The predicted octanol–water partition coefficient (Wildman–Crippen LogP) is 1.14. The maximum atomic E-state index is 12.0. The first-order valence-electron chi connectivity index (χ1n) is 13.1. The van der Waals surface area contributed by atoms with Gasteiger partial charge in [0.05, 0.1) is 25.2 Å². The van der Waals surface area contributed by atoms with Crippen molar-refractivity contribution in [2.45, 2.75) is 66.0 Å². The largest absolute Gasteiger partial charge is 0.464 e. The van der Waals surface area contributed by atoms with Crippen molar-refractivity contribution in [2.24, 2.45) is 17.4 Å². The van der Waals surface area contributed by atoms with E-state index in [0.717, 1.165) is 18.6 Å². The van der Waals surface area contributed by atoms with Crippen LogP contribution >= 0.6 is 0 Å². The maximum Gasteiger partial charge on any atom is 0.323 e. The van der Waals surface area contributed by atoms with E-state index in [4.69, 9.17) is 15.2 Å². The lowest BCUT2D eigenvalue weighted by Gasteiger charge is -2.16. The van der Waals surface area contributed by atoms with E-state index in [1.165, 1.54) is 14.0 Å². The van der Waals surface area contributed by atoms with E-state index in [-0.39, 0.29) is 36.2 Å². The SMILES string of the molecule is CC.CC.CC(N)=O.CNC(=O)[C@@H](N)CCOC(=O)[C@H](Cc1ccccc1)NC.CNC(=O)[C@@H]1CCOC1. The molecule has 3 amide bonds. The fourth-order valence-corrected chi connectivity index (χ4v) is 2.80. The van der Waals surface area contributed by atoms with Gasteiger partial charge in [-0.3, -0.25) is 19.2 Å². The smallest absolute Gasteiger partial charge is 0.323 e. The average Bonchev–Trinajstić information content (AvgIpc) is 3.48. The number of amides is 3. The zero-order valence-electron chi connectivity index (χ0n) is 24.5. The van der Waals surface area contributed by atoms with Crippen LogP contribution in [0.1, 0.15) is 53.0 Å². The van der Waals surface area contributed by atoms with Crippen molar-refractivity contribution in [2.75, 3.05) is 41.0 Å². The summed E-state index contributed by atoms with van der Waals surface area (Å²) in [5, 5.41) is 7.98. The number of hydrogen-bond acceptors (Lipinski definition) is 8. The van der Waals surface area contributed by atoms with Crippen LogP contribution in [0.2, 0.25) is 0 Å². The monoisotopic (exact) mass is 541 g/mol. The highest BCUT2D eigenvalue weighted by Crippen LogP contribution is 2.11. The molecule has 38 heavy (non-hydrogen) atoms. The molecule has 1 aliphatic heterocycles. The lowest BCUT2D eigenvalue weighted by Crippen LogP contribution is -2.41. The number of primary amides is 1. The first kappa shape index (κ1) is 39.5. The van der Waals surface area contributed by atoms with Gasteiger partial charge in [-0.25, -0.2) is 0 Å². The number of rotatable bonds is 9. The van der Waals surface area contributed by atoms with E-state index in [2.05, 4.69) is 21.7 Å². The third-order valence-corrected chi connectivity index (χ3v) is 4.72. The van der Waals surface area contributed by atoms with Crippen LogP contribution in [-0.2, 0) is 35.1 Å². The summed E-state index contributed by atoms with van der Waals surface area (Å²) in [6.07, 6.45) is 1.73. The molecule has 1 aromatic rings. The molecule has 11 heteroatoms. The lowest BCUT2D eigenvalue weighted by atomic mass is 10.1. The van der Waals surface area contributed by atoms with Crippen molar-refractivity contribution in [3.05, 3.63) is 35.9 Å². The van der Waals surface area contributed by atoms with Crippen LogP contribution < -0.4 is 27.4 Å². The van der Waals surface area contributed by atoms with E-state index in [1.54, 1.807) is 14.1 Å². The Morgan fingerprint density at radius 1 is 1.03 bits per heavy atom. The van der Waals surface area contributed by atoms with E-state index >= 15 is 0 Å². The molecule has 0 spiro atoms. The van der Waals surface area contributed by atoms with Crippen LogP contribution in [0.15, 0.2) is 30.3 Å². The molecule has 1 heterocycles. The summed E-state index contributed by atoms with van der Waals surface area (Å²) in [7, 11) is 4.89. The first-order chi connectivity index (χ1) is 18.2. The molecule has 220 valence electrons. The topological polar surface area (TPSA) is 175 Å². The molecule has 0 aliphatic carbocycles. The van der Waals surface area contributed by atoms with E-state index in [0.29, 0.717) is 19.4 Å². The molecule has 3 atom stereocenters. The third kappa shape index (κ3) is 21.1. The maximum absolute atomic E-state index is 12.0. The third-order valence-electron chi connectivity index (χ3n) is 4.72. The number of esters is 1. The van der Waals surface area contributed by atoms with Gasteiger partial charge in [-0.1, -0.05) is 58.0 Å². The van der Waals surface area contributed by atoms with Gasteiger partial charge in [-0.15, -0.1) is 0 Å². The molecule has 7 N–H and O–H groups in total. The van der Waals surface area contributed by atoms with Crippen molar-refractivity contribution >= 4 is 23.7 Å². The Balaban J connectivity index is -0.000000591. The molecule has 2 rings (SSSR count). The molecule has 0 unspecified atom stereocenters. The van der Waals surface area contributed by atoms with Crippen LogP contribution in [-0.4, -0.2) is 76.7 Å². The van der Waals surface area contributed by atoms with Crippen molar-refractivity contribution in [3.63, 3.8) is 0 Å². The highest BCUT2D eigenvalue weighted by molar-refractivity contribution is 5.81. The van der Waals surface area contributed by atoms with Crippen LogP contribution in [0.3, 0.4) is 0 Å². The van der Waals surface area contributed by atoms with Crippen molar-refractivity contribution in [3.8, 4) is 0 Å². The summed E-state index contributed by atoms with van der Waals surface area (Å²) < 4.78 is 10.2. The lowest BCUT2D eigenvalue weighted by molar-refractivity contribution is -0.146. The predicted molar refractivity (Wildman–Crippen MR) is 151 cm³/mol. The van der Waals surface area contributed by atoms with Crippen molar-refractivity contribution in [1.29, 1.82) is 0 Å². The molecule has 1 fully saturated rings. The summed E-state index contributed by atoms with van der Waals surface area (Å²) in [5.41, 5.74) is 11.2. The summed E-state index contributed by atoms with van der Waals surface area (Å²) in [5.74, 6) is -0.728. The first-order valence-corrected chi connectivity index (χ1v) is 13.1. The zero-order chi connectivity index (χ0) is 29.9. The van der Waals surface area contributed by atoms with Gasteiger partial charge in [0.15, 0.2) is 0 Å². The number of likely N-dealkylation sites (N-methyl/N-ethyl adjacent to an activating group) is 2. The molecule has 1 saturated heterocycles. The van der Waals surface area contributed by atoms with Gasteiger partial charge >= 0.3 is 5.97 Å². The molecule has 0 saturated carbocycles. The van der Waals surface area contributed by atoms with Crippen LogP contribution in [0.4, 0.5) is 0 Å². The number of carbonyl (C=O) groups excluding carboxylic acids is 4. The van der Waals surface area contributed by atoms with Gasteiger partial charge in [0.1, 0.15) is 6.04 Å². The Hall–Kier alpha value is -3.02. The summed E-state index contributed by atoms with van der Waals surface area (Å²) >= 11 is 0. The molecule has 1 aliphatic rings. The Bertz CT molecular complexity index is 739. The van der Waals surface area contributed by atoms with Gasteiger partial charge in [-0.05, 0) is 25.5 Å². The summed E-state index contributed by atoms with van der Waals surface area (Å²) in [4.78, 5) is 43.2. The van der Waals surface area contributed by atoms with Crippen molar-refractivity contribution < 1.29 is 28.7 Å². The Labute approximate surface area is 228 Å². The second-order valence-corrected chi connectivity index (χ2v) is 7.49. The van der Waals surface area contributed by atoms with Gasteiger partial charge in [0.25, 0.3) is 0 Å². The Kier molecular flexibility index (Phi) is 28.1. The van der Waals surface area contributed by atoms with E-state index < -0.39 is 12.1 Å². The average molecular weight is 542 g/mol. The molecular formula is C27H51N5O6. The quantitative estimate of drug-likeness (QED) is 0.289. The number of benzene rings is 1. The number of nitrogens with one attached hydrogen (secondary N) is 3. The van der Waals surface area contributed by atoms with Gasteiger partial charge < -0.3 is 36.9 Å². The van der Waals surface area contributed by atoms with Crippen molar-refractivity contribution in [1.82, 2.24) is 16.0 Å². The zero-order valence-corrected chi connectivity index (χ0v) is 24.5. The van der Waals surface area contributed by atoms with Crippen LogP contribution in [0.25, 0.3) is 0 Å². The molecule has 0 aromatic heterocycles. The molecule has 11 nitrogen and oxygen atoms in total. The number of nitrogens with two attached hydrogens (primary N) is 2. The van der Waals surface area contributed by atoms with Gasteiger partial charge in [-0.2, -0.15) is 0 Å². The standard InChI is InChI=1S/C15H23N3O3.C6H11NO2.C2H5NO.2C2H6/c1-17-13(10-11-6-4-3-5-7-11)15(20)21-9-8-12(16)14(19)18-2;1-7-6(8)5-2-3-9-4-5;1-2(3)4;2*1-2/h3-7,12-13,17H,8-10,16H2,1-2H3,(H,18,19);5H,2-4H2,1H3,(H,7,8);1H3,(H2,3,4);2*1-2H3/t12-,13-;5-;;;/m01.../s1. The normalized spacial score (nSPS) is 14.5. The number of hydrogen-bond donors (Lipinski definition) is 5. The molecular weight excluding hydrogens is 490 g/mol. The molecule has 0 bridgehead atoms. The Morgan fingerprint density at radius 2 is 1.58 bits per heavy atom. The van der Waals surface area contributed by atoms with Gasteiger partial charge in [0.2, 0.25) is 17.7 Å². The van der Waals surface area contributed by atoms with Crippen LogP contribution in [0.5, 0.6) is 0 Å². The number of carbonyl (C=O) groups is 4.